The molecule has 3 rings (SSSR count). The highest BCUT2D eigenvalue weighted by molar-refractivity contribution is 8.00. The molecule has 26 heavy (non-hydrogen) atoms. The second-order valence-electron chi connectivity index (χ2n) is 6.64. The number of aliphatic hydroxyl groups is 1. The number of amides is 1. The van der Waals surface area contributed by atoms with Gasteiger partial charge in [0.15, 0.2) is 0 Å². The quantitative estimate of drug-likeness (QED) is 0.758. The number of rotatable bonds is 7. The molecule has 0 aliphatic carbocycles. The second-order valence-corrected chi connectivity index (χ2v) is 7.69. The van der Waals surface area contributed by atoms with E-state index < -0.39 is 0 Å². The Labute approximate surface area is 159 Å². The van der Waals surface area contributed by atoms with Crippen molar-refractivity contribution < 1.29 is 14.6 Å². The second kappa shape index (κ2) is 9.10. The summed E-state index contributed by atoms with van der Waals surface area (Å²) in [5.41, 5.74) is 2.21. The van der Waals surface area contributed by atoms with Gasteiger partial charge >= 0.3 is 0 Å². The van der Waals surface area contributed by atoms with Gasteiger partial charge in [-0.3, -0.25) is 4.79 Å². The van der Waals surface area contributed by atoms with Crippen molar-refractivity contribution in [2.75, 3.05) is 26.0 Å². The molecule has 2 aromatic carbocycles. The molecule has 1 unspecified atom stereocenters. The average Bonchev–Trinajstić information content (AvgIpc) is 3.15. The minimum atomic E-state index is 0.0803. The van der Waals surface area contributed by atoms with Crippen LogP contribution in [0.1, 0.15) is 17.5 Å². The Morgan fingerprint density at radius 2 is 2.00 bits per heavy atom. The standard InChI is InChI=1S/C21H25NO3S/c1-25-19-3-2-4-20(12-19)26-15-21(24)22-10-9-18(13-22)11-16-5-7-17(14-23)8-6-16/h2-8,12,18,23H,9-11,13-15H2,1H3. The molecule has 1 heterocycles. The molecule has 2 aromatic rings. The molecule has 0 saturated carbocycles. The van der Waals surface area contributed by atoms with Crippen molar-refractivity contribution >= 4 is 17.7 Å². The van der Waals surface area contributed by atoms with E-state index in [0.29, 0.717) is 11.7 Å². The largest absolute Gasteiger partial charge is 0.497 e. The number of nitrogens with zero attached hydrogens (tertiary/aromatic N) is 1. The van der Waals surface area contributed by atoms with Gasteiger partial charge in [-0.05, 0) is 48.1 Å². The van der Waals surface area contributed by atoms with Gasteiger partial charge in [0.1, 0.15) is 5.75 Å². The fraction of sp³-hybridized carbons (Fsp3) is 0.381. The van der Waals surface area contributed by atoms with Crippen molar-refractivity contribution in [3.8, 4) is 5.75 Å². The van der Waals surface area contributed by atoms with Crippen LogP contribution in [0.3, 0.4) is 0 Å². The zero-order chi connectivity index (χ0) is 18.4. The number of hydrogen-bond acceptors (Lipinski definition) is 4. The van der Waals surface area contributed by atoms with Gasteiger partial charge in [-0.2, -0.15) is 0 Å². The first-order valence-corrected chi connectivity index (χ1v) is 9.90. The van der Waals surface area contributed by atoms with Crippen molar-refractivity contribution in [2.45, 2.75) is 24.3 Å². The van der Waals surface area contributed by atoms with E-state index in [1.165, 1.54) is 5.56 Å². The maximum atomic E-state index is 12.5. The van der Waals surface area contributed by atoms with Crippen molar-refractivity contribution in [3.63, 3.8) is 0 Å². The topological polar surface area (TPSA) is 49.8 Å². The first-order valence-electron chi connectivity index (χ1n) is 8.91. The molecule has 1 aliphatic heterocycles. The van der Waals surface area contributed by atoms with Gasteiger partial charge in [-0.25, -0.2) is 0 Å². The number of benzene rings is 2. The van der Waals surface area contributed by atoms with Gasteiger partial charge in [0.05, 0.1) is 19.5 Å². The molecule has 0 spiro atoms. The number of likely N-dealkylation sites (tertiary alicyclic amines) is 1. The SMILES string of the molecule is COc1cccc(SCC(=O)N2CCC(Cc3ccc(CO)cc3)C2)c1. The molecule has 1 saturated heterocycles. The summed E-state index contributed by atoms with van der Waals surface area (Å²) in [6.07, 6.45) is 2.04. The van der Waals surface area contributed by atoms with E-state index in [-0.39, 0.29) is 12.5 Å². The van der Waals surface area contributed by atoms with E-state index in [1.54, 1.807) is 18.9 Å². The van der Waals surface area contributed by atoms with Crippen molar-refractivity contribution in [2.24, 2.45) is 5.92 Å². The van der Waals surface area contributed by atoms with E-state index in [2.05, 4.69) is 12.1 Å². The summed E-state index contributed by atoms with van der Waals surface area (Å²) in [4.78, 5) is 15.5. The molecule has 5 heteroatoms. The van der Waals surface area contributed by atoms with E-state index >= 15 is 0 Å². The van der Waals surface area contributed by atoms with Gasteiger partial charge < -0.3 is 14.7 Å². The third-order valence-electron chi connectivity index (χ3n) is 4.77. The van der Waals surface area contributed by atoms with Crippen molar-refractivity contribution in [1.82, 2.24) is 4.90 Å². The van der Waals surface area contributed by atoms with Crippen LogP contribution >= 0.6 is 11.8 Å². The Hall–Kier alpha value is -1.98. The lowest BCUT2D eigenvalue weighted by Gasteiger charge is -2.16. The zero-order valence-corrected chi connectivity index (χ0v) is 15.9. The molecule has 138 valence electrons. The molecule has 0 radical (unpaired) electrons. The molecule has 1 atom stereocenters. The summed E-state index contributed by atoms with van der Waals surface area (Å²) in [5, 5.41) is 9.12. The maximum Gasteiger partial charge on any atom is 0.232 e. The Morgan fingerprint density at radius 1 is 1.23 bits per heavy atom. The van der Waals surface area contributed by atoms with Crippen LogP contribution < -0.4 is 4.74 Å². The Kier molecular flexibility index (Phi) is 6.58. The van der Waals surface area contributed by atoms with Crippen LogP contribution in [0.25, 0.3) is 0 Å². The average molecular weight is 372 g/mol. The van der Waals surface area contributed by atoms with Gasteiger partial charge in [-0.1, -0.05) is 30.3 Å². The van der Waals surface area contributed by atoms with E-state index in [9.17, 15) is 4.79 Å². The molecule has 1 amide bonds. The zero-order valence-electron chi connectivity index (χ0n) is 15.1. The fourth-order valence-corrected chi connectivity index (χ4v) is 4.11. The fourth-order valence-electron chi connectivity index (χ4n) is 3.27. The highest BCUT2D eigenvalue weighted by Crippen LogP contribution is 2.25. The van der Waals surface area contributed by atoms with Crippen LogP contribution in [0, 0.1) is 5.92 Å². The minimum absolute atomic E-state index is 0.0803. The summed E-state index contributed by atoms with van der Waals surface area (Å²) in [6, 6.07) is 15.9. The number of carbonyl (C=O) groups excluding carboxylic acids is 1. The van der Waals surface area contributed by atoms with Gasteiger partial charge in [0.25, 0.3) is 0 Å². The lowest BCUT2D eigenvalue weighted by atomic mass is 9.98. The number of methoxy groups -OCH3 is 1. The van der Waals surface area contributed by atoms with E-state index in [4.69, 9.17) is 9.84 Å². The first kappa shape index (κ1) is 18.8. The predicted octanol–water partition coefficient (Wildman–Crippen LogP) is 3.37. The molecule has 0 aromatic heterocycles. The third-order valence-corrected chi connectivity index (χ3v) is 5.75. The molecule has 1 fully saturated rings. The van der Waals surface area contributed by atoms with Crippen LogP contribution in [-0.2, 0) is 17.8 Å². The summed E-state index contributed by atoms with van der Waals surface area (Å²) in [6.45, 7) is 1.76. The highest BCUT2D eigenvalue weighted by Gasteiger charge is 2.26. The normalized spacial score (nSPS) is 16.7. The van der Waals surface area contributed by atoms with E-state index in [0.717, 1.165) is 42.1 Å². The number of thioether (sulfide) groups is 1. The van der Waals surface area contributed by atoms with Crippen LogP contribution in [0.5, 0.6) is 5.75 Å². The summed E-state index contributed by atoms with van der Waals surface area (Å²) in [5.74, 6) is 2.00. The molecule has 0 bridgehead atoms. The van der Waals surface area contributed by atoms with Gasteiger partial charge in [0, 0.05) is 18.0 Å². The third kappa shape index (κ3) is 5.02. The Morgan fingerprint density at radius 3 is 2.73 bits per heavy atom. The lowest BCUT2D eigenvalue weighted by Crippen LogP contribution is -2.30. The van der Waals surface area contributed by atoms with Gasteiger partial charge in [-0.15, -0.1) is 11.8 Å². The molecule has 1 aliphatic rings. The summed E-state index contributed by atoms with van der Waals surface area (Å²) >= 11 is 1.56. The number of hydrogen-bond donors (Lipinski definition) is 1. The lowest BCUT2D eigenvalue weighted by molar-refractivity contribution is -0.127. The van der Waals surface area contributed by atoms with Gasteiger partial charge in [0.2, 0.25) is 5.91 Å². The molecule has 1 N–H and O–H groups in total. The van der Waals surface area contributed by atoms with Crippen LogP contribution in [0.4, 0.5) is 0 Å². The van der Waals surface area contributed by atoms with Crippen LogP contribution in [0.2, 0.25) is 0 Å². The number of ether oxygens (including phenoxy) is 1. The predicted molar refractivity (Wildman–Crippen MR) is 104 cm³/mol. The van der Waals surface area contributed by atoms with Crippen molar-refractivity contribution in [3.05, 3.63) is 59.7 Å². The number of carbonyl (C=O) groups is 1. The highest BCUT2D eigenvalue weighted by atomic mass is 32.2. The Bertz CT molecular complexity index is 732. The maximum absolute atomic E-state index is 12.5. The smallest absolute Gasteiger partial charge is 0.232 e. The van der Waals surface area contributed by atoms with Crippen LogP contribution in [-0.4, -0.2) is 41.9 Å². The van der Waals surface area contributed by atoms with Crippen molar-refractivity contribution in [1.29, 1.82) is 0 Å². The number of aliphatic hydroxyl groups excluding tert-OH is 1. The molecule has 4 nitrogen and oxygen atoms in total. The minimum Gasteiger partial charge on any atom is -0.497 e. The van der Waals surface area contributed by atoms with E-state index in [1.807, 2.05) is 41.3 Å². The summed E-state index contributed by atoms with van der Waals surface area (Å²) < 4.78 is 5.22. The van der Waals surface area contributed by atoms with Crippen LogP contribution in [0.15, 0.2) is 53.4 Å². The molecular formula is C21H25NO3S. The monoisotopic (exact) mass is 371 g/mol. The first-order chi connectivity index (χ1) is 12.7. The summed E-state index contributed by atoms with van der Waals surface area (Å²) in [7, 11) is 1.65. The Balaban J connectivity index is 1.47. The molecular weight excluding hydrogens is 346 g/mol.